The van der Waals surface area contributed by atoms with Crippen LogP contribution in [0.25, 0.3) is 10.9 Å². The van der Waals surface area contributed by atoms with Gasteiger partial charge >= 0.3 is 0 Å². The van der Waals surface area contributed by atoms with Crippen molar-refractivity contribution in [3.05, 3.63) is 35.5 Å². The van der Waals surface area contributed by atoms with Gasteiger partial charge in [-0.25, -0.2) is 0 Å². The lowest BCUT2D eigenvalue weighted by atomic mass is 10.0. The second kappa shape index (κ2) is 6.63. The number of benzene rings is 1. The standard InChI is InChI=1S/C17H25N/c1-3-4-5-6-7-8-10-15-11-9-12-17-16(15)13-14(2)18-17/h9,11-13,18H,3-8,10H2,1-2H3. The molecule has 0 saturated heterocycles. The quantitative estimate of drug-likeness (QED) is 0.628. The molecule has 1 heterocycles. The highest BCUT2D eigenvalue weighted by molar-refractivity contribution is 5.83. The predicted octanol–water partition coefficient (Wildman–Crippen LogP) is 5.38. The lowest BCUT2D eigenvalue weighted by Crippen LogP contribution is -1.87. The first-order chi connectivity index (χ1) is 8.81. The summed E-state index contributed by atoms with van der Waals surface area (Å²) in [5.74, 6) is 0. The van der Waals surface area contributed by atoms with Gasteiger partial charge in [0, 0.05) is 16.6 Å². The number of hydrogen-bond donors (Lipinski definition) is 1. The fourth-order valence-electron chi connectivity index (χ4n) is 2.67. The van der Waals surface area contributed by atoms with Gasteiger partial charge < -0.3 is 4.98 Å². The molecular weight excluding hydrogens is 218 g/mol. The molecule has 0 atom stereocenters. The minimum Gasteiger partial charge on any atom is -0.359 e. The average molecular weight is 243 g/mol. The maximum absolute atomic E-state index is 3.42. The van der Waals surface area contributed by atoms with E-state index in [2.05, 4.69) is 43.1 Å². The number of aromatic amines is 1. The highest BCUT2D eigenvalue weighted by atomic mass is 14.7. The Kier molecular flexibility index (Phi) is 4.86. The maximum atomic E-state index is 3.42. The van der Waals surface area contributed by atoms with E-state index in [0.29, 0.717) is 0 Å². The lowest BCUT2D eigenvalue weighted by molar-refractivity contribution is 0.608. The van der Waals surface area contributed by atoms with Crippen LogP contribution < -0.4 is 0 Å². The fraction of sp³-hybridized carbons (Fsp3) is 0.529. The molecule has 0 aliphatic heterocycles. The summed E-state index contributed by atoms with van der Waals surface area (Å²) < 4.78 is 0. The van der Waals surface area contributed by atoms with E-state index in [1.165, 1.54) is 67.1 Å². The first-order valence-electron chi connectivity index (χ1n) is 7.38. The Labute approximate surface area is 111 Å². The maximum Gasteiger partial charge on any atom is 0.0458 e. The number of aromatic nitrogens is 1. The van der Waals surface area contributed by atoms with Crippen LogP contribution in [-0.2, 0) is 6.42 Å². The summed E-state index contributed by atoms with van der Waals surface area (Å²) in [6.45, 7) is 4.41. The molecule has 1 aromatic carbocycles. The SMILES string of the molecule is CCCCCCCCc1cccc2[nH]c(C)cc12. The Hall–Kier alpha value is -1.24. The molecule has 1 N–H and O–H groups in total. The first-order valence-corrected chi connectivity index (χ1v) is 7.38. The molecule has 98 valence electrons. The van der Waals surface area contributed by atoms with Gasteiger partial charge in [-0.2, -0.15) is 0 Å². The zero-order valence-corrected chi connectivity index (χ0v) is 11.8. The smallest absolute Gasteiger partial charge is 0.0458 e. The Morgan fingerprint density at radius 2 is 1.78 bits per heavy atom. The summed E-state index contributed by atoms with van der Waals surface area (Å²) >= 11 is 0. The molecule has 1 heteroatoms. The van der Waals surface area contributed by atoms with Crippen LogP contribution in [0.1, 0.15) is 56.7 Å². The normalized spacial score (nSPS) is 11.2. The predicted molar refractivity (Wildman–Crippen MR) is 80.1 cm³/mol. The third-order valence-corrected chi connectivity index (χ3v) is 3.69. The minimum atomic E-state index is 1.22. The topological polar surface area (TPSA) is 15.8 Å². The molecule has 0 radical (unpaired) electrons. The lowest BCUT2D eigenvalue weighted by Gasteiger charge is -2.03. The fourth-order valence-corrected chi connectivity index (χ4v) is 2.67. The van der Waals surface area contributed by atoms with Crippen LogP contribution in [0.2, 0.25) is 0 Å². The highest BCUT2D eigenvalue weighted by Gasteiger charge is 2.03. The summed E-state index contributed by atoms with van der Waals surface area (Å²) in [5.41, 5.74) is 4.06. The van der Waals surface area contributed by atoms with Gasteiger partial charge in [0.1, 0.15) is 0 Å². The molecule has 0 unspecified atom stereocenters. The summed E-state index contributed by atoms with van der Waals surface area (Å²) in [5, 5.41) is 1.42. The molecule has 0 amide bonds. The van der Waals surface area contributed by atoms with Crippen molar-refractivity contribution in [2.24, 2.45) is 0 Å². The number of nitrogens with one attached hydrogen (secondary N) is 1. The number of fused-ring (bicyclic) bond motifs is 1. The third kappa shape index (κ3) is 3.38. The van der Waals surface area contributed by atoms with Gasteiger partial charge in [-0.1, -0.05) is 51.2 Å². The van der Waals surface area contributed by atoms with Crippen molar-refractivity contribution in [3.63, 3.8) is 0 Å². The van der Waals surface area contributed by atoms with Crippen LogP contribution in [-0.4, -0.2) is 4.98 Å². The van der Waals surface area contributed by atoms with E-state index in [9.17, 15) is 0 Å². The van der Waals surface area contributed by atoms with Crippen LogP contribution >= 0.6 is 0 Å². The Morgan fingerprint density at radius 3 is 2.61 bits per heavy atom. The monoisotopic (exact) mass is 243 g/mol. The van der Waals surface area contributed by atoms with E-state index in [1.807, 2.05) is 0 Å². The Balaban J connectivity index is 1.87. The zero-order valence-electron chi connectivity index (χ0n) is 11.8. The molecule has 0 spiro atoms. The summed E-state index contributed by atoms with van der Waals surface area (Å²) in [6.07, 6.45) is 9.46. The molecule has 0 fully saturated rings. The van der Waals surface area contributed by atoms with Crippen molar-refractivity contribution >= 4 is 10.9 Å². The van der Waals surface area contributed by atoms with Crippen molar-refractivity contribution in [3.8, 4) is 0 Å². The second-order valence-electron chi connectivity index (χ2n) is 5.35. The van der Waals surface area contributed by atoms with Gasteiger partial charge in [0.05, 0.1) is 0 Å². The molecule has 0 aliphatic rings. The second-order valence-corrected chi connectivity index (χ2v) is 5.35. The van der Waals surface area contributed by atoms with Gasteiger partial charge in [-0.15, -0.1) is 0 Å². The van der Waals surface area contributed by atoms with Crippen LogP contribution in [0.5, 0.6) is 0 Å². The van der Waals surface area contributed by atoms with Crippen molar-refractivity contribution < 1.29 is 0 Å². The average Bonchev–Trinajstić information content (AvgIpc) is 2.74. The van der Waals surface area contributed by atoms with Crippen LogP contribution in [0.3, 0.4) is 0 Å². The van der Waals surface area contributed by atoms with Crippen molar-refractivity contribution in [2.45, 2.75) is 58.8 Å². The van der Waals surface area contributed by atoms with Gasteiger partial charge in [0.2, 0.25) is 0 Å². The van der Waals surface area contributed by atoms with Gasteiger partial charge in [0.15, 0.2) is 0 Å². The largest absolute Gasteiger partial charge is 0.359 e. The van der Waals surface area contributed by atoms with Gasteiger partial charge in [-0.3, -0.25) is 0 Å². The van der Waals surface area contributed by atoms with E-state index >= 15 is 0 Å². The molecule has 2 rings (SSSR count). The van der Waals surface area contributed by atoms with Crippen molar-refractivity contribution in [1.29, 1.82) is 0 Å². The molecule has 2 aromatic rings. The zero-order chi connectivity index (χ0) is 12.8. The van der Waals surface area contributed by atoms with E-state index < -0.39 is 0 Å². The van der Waals surface area contributed by atoms with Crippen LogP contribution in [0.15, 0.2) is 24.3 Å². The Bertz CT molecular complexity index is 481. The van der Waals surface area contributed by atoms with E-state index in [4.69, 9.17) is 0 Å². The molecule has 1 aromatic heterocycles. The third-order valence-electron chi connectivity index (χ3n) is 3.69. The van der Waals surface area contributed by atoms with E-state index in [1.54, 1.807) is 0 Å². The molecule has 0 saturated carbocycles. The van der Waals surface area contributed by atoms with Crippen LogP contribution in [0.4, 0.5) is 0 Å². The van der Waals surface area contributed by atoms with Gasteiger partial charge in [-0.05, 0) is 37.5 Å². The number of H-pyrrole nitrogens is 1. The summed E-state index contributed by atoms with van der Waals surface area (Å²) in [6, 6.07) is 8.90. The number of hydrogen-bond acceptors (Lipinski definition) is 0. The van der Waals surface area contributed by atoms with Crippen LogP contribution in [0, 0.1) is 6.92 Å². The summed E-state index contributed by atoms with van der Waals surface area (Å²) in [7, 11) is 0. The van der Waals surface area contributed by atoms with E-state index in [-0.39, 0.29) is 0 Å². The van der Waals surface area contributed by atoms with Crippen molar-refractivity contribution in [2.75, 3.05) is 0 Å². The molecule has 1 nitrogen and oxygen atoms in total. The van der Waals surface area contributed by atoms with E-state index in [0.717, 1.165) is 0 Å². The minimum absolute atomic E-state index is 1.22. The van der Waals surface area contributed by atoms with Crippen molar-refractivity contribution in [1.82, 2.24) is 4.98 Å². The Morgan fingerprint density at radius 1 is 1.00 bits per heavy atom. The highest BCUT2D eigenvalue weighted by Crippen LogP contribution is 2.21. The van der Waals surface area contributed by atoms with Gasteiger partial charge in [0.25, 0.3) is 0 Å². The molecule has 0 bridgehead atoms. The number of unbranched alkanes of at least 4 members (excludes halogenated alkanes) is 5. The number of rotatable bonds is 7. The first kappa shape index (κ1) is 13.2. The summed E-state index contributed by atoms with van der Waals surface area (Å²) in [4.78, 5) is 3.42. The molecular formula is C17H25N. The molecule has 0 aliphatic carbocycles. The number of aryl methyl sites for hydroxylation is 2. The molecule has 18 heavy (non-hydrogen) atoms.